The molecule has 0 bridgehead atoms. The maximum Gasteiger partial charge on any atom is 0.251 e. The summed E-state index contributed by atoms with van der Waals surface area (Å²) >= 11 is 11.7. The van der Waals surface area contributed by atoms with Gasteiger partial charge in [0.05, 0.1) is 0 Å². The van der Waals surface area contributed by atoms with Crippen molar-refractivity contribution in [2.45, 2.75) is 6.42 Å². The van der Waals surface area contributed by atoms with Gasteiger partial charge in [-0.05, 0) is 42.3 Å². The molecule has 0 saturated heterocycles. The predicted molar refractivity (Wildman–Crippen MR) is 83.4 cm³/mol. The first-order valence-corrected chi connectivity index (χ1v) is 6.89. The van der Waals surface area contributed by atoms with Gasteiger partial charge >= 0.3 is 0 Å². The topological polar surface area (TPSA) is 55.1 Å². The van der Waals surface area contributed by atoms with Crippen molar-refractivity contribution in [1.29, 1.82) is 0 Å². The first kappa shape index (κ1) is 14.7. The van der Waals surface area contributed by atoms with Gasteiger partial charge in [0.15, 0.2) is 0 Å². The van der Waals surface area contributed by atoms with E-state index in [0.717, 1.165) is 12.0 Å². The fourth-order valence-corrected chi connectivity index (χ4v) is 2.19. The zero-order chi connectivity index (χ0) is 14.5. The van der Waals surface area contributed by atoms with Gasteiger partial charge in [0.1, 0.15) is 0 Å². The average molecular weight is 309 g/mol. The molecule has 0 aliphatic rings. The molecule has 2 aromatic rings. The number of nitrogens with two attached hydrogens (primary N) is 1. The second-order valence-corrected chi connectivity index (χ2v) is 5.28. The van der Waals surface area contributed by atoms with Crippen molar-refractivity contribution in [3.8, 4) is 0 Å². The average Bonchev–Trinajstić information content (AvgIpc) is 2.40. The van der Waals surface area contributed by atoms with E-state index in [1.807, 2.05) is 24.3 Å². The number of carbonyl (C=O) groups is 1. The molecular formula is C15H14Cl2N2O. The second kappa shape index (κ2) is 6.64. The molecule has 0 saturated carbocycles. The Labute approximate surface area is 127 Å². The predicted octanol–water partition coefficient (Wildman–Crippen LogP) is 3.55. The van der Waals surface area contributed by atoms with Crippen molar-refractivity contribution in [3.05, 3.63) is 63.6 Å². The monoisotopic (exact) mass is 308 g/mol. The highest BCUT2D eigenvalue weighted by Crippen LogP contribution is 2.16. The van der Waals surface area contributed by atoms with Gasteiger partial charge in [0, 0.05) is 27.8 Å². The molecular weight excluding hydrogens is 295 g/mol. The number of nitrogens with one attached hydrogen (secondary N) is 1. The summed E-state index contributed by atoms with van der Waals surface area (Å²) < 4.78 is 0. The van der Waals surface area contributed by atoms with E-state index in [4.69, 9.17) is 28.9 Å². The highest BCUT2D eigenvalue weighted by Gasteiger charge is 2.07. The van der Waals surface area contributed by atoms with Crippen LogP contribution in [0.4, 0.5) is 5.69 Å². The van der Waals surface area contributed by atoms with Gasteiger partial charge in [-0.15, -0.1) is 0 Å². The molecule has 1 amide bonds. The van der Waals surface area contributed by atoms with Crippen LogP contribution in [0.3, 0.4) is 0 Å². The molecule has 0 aromatic heterocycles. The van der Waals surface area contributed by atoms with E-state index < -0.39 is 0 Å². The van der Waals surface area contributed by atoms with Crippen LogP contribution in [-0.2, 0) is 6.42 Å². The number of hydrogen-bond donors (Lipinski definition) is 2. The Kier molecular flexibility index (Phi) is 4.88. The second-order valence-electron chi connectivity index (χ2n) is 4.41. The molecule has 104 valence electrons. The lowest BCUT2D eigenvalue weighted by Gasteiger charge is -2.07. The molecule has 0 aliphatic heterocycles. The third kappa shape index (κ3) is 4.15. The summed E-state index contributed by atoms with van der Waals surface area (Å²) in [5.41, 5.74) is 7.70. The van der Waals surface area contributed by atoms with Crippen LogP contribution in [-0.4, -0.2) is 12.5 Å². The highest BCUT2D eigenvalue weighted by molar-refractivity contribution is 6.31. The molecule has 0 atom stereocenters. The fraction of sp³-hybridized carbons (Fsp3) is 0.133. The highest BCUT2D eigenvalue weighted by atomic mass is 35.5. The molecule has 0 unspecified atom stereocenters. The number of hydrogen-bond acceptors (Lipinski definition) is 2. The molecule has 2 rings (SSSR count). The summed E-state index contributed by atoms with van der Waals surface area (Å²) in [5, 5.41) is 3.98. The van der Waals surface area contributed by atoms with Crippen molar-refractivity contribution in [2.75, 3.05) is 12.3 Å². The van der Waals surface area contributed by atoms with E-state index in [9.17, 15) is 4.79 Å². The number of benzene rings is 2. The summed E-state index contributed by atoms with van der Waals surface area (Å²) in [6.07, 6.45) is 0.735. The van der Waals surface area contributed by atoms with Crippen molar-refractivity contribution >= 4 is 34.8 Å². The van der Waals surface area contributed by atoms with E-state index in [0.29, 0.717) is 27.8 Å². The van der Waals surface area contributed by atoms with Crippen molar-refractivity contribution in [1.82, 2.24) is 5.32 Å². The van der Waals surface area contributed by atoms with Crippen molar-refractivity contribution in [2.24, 2.45) is 0 Å². The number of amides is 1. The van der Waals surface area contributed by atoms with Crippen LogP contribution in [0.5, 0.6) is 0 Å². The number of carbonyl (C=O) groups excluding carboxylic acids is 1. The number of rotatable bonds is 4. The van der Waals surface area contributed by atoms with Crippen LogP contribution in [0.1, 0.15) is 15.9 Å². The third-order valence-corrected chi connectivity index (χ3v) is 3.26. The normalized spacial score (nSPS) is 10.3. The summed E-state index contributed by atoms with van der Waals surface area (Å²) in [7, 11) is 0. The SMILES string of the molecule is Nc1cc(Cl)cc(C(=O)NCCc2ccc(Cl)cc2)c1. The number of nitrogen functional groups attached to an aromatic ring is 1. The van der Waals surface area contributed by atoms with Crippen LogP contribution in [0.25, 0.3) is 0 Å². The quantitative estimate of drug-likeness (QED) is 0.849. The summed E-state index contributed by atoms with van der Waals surface area (Å²) in [4.78, 5) is 11.9. The van der Waals surface area contributed by atoms with E-state index in [2.05, 4.69) is 5.32 Å². The van der Waals surface area contributed by atoms with Gasteiger partial charge in [-0.1, -0.05) is 35.3 Å². The molecule has 20 heavy (non-hydrogen) atoms. The van der Waals surface area contributed by atoms with Gasteiger partial charge in [-0.2, -0.15) is 0 Å². The van der Waals surface area contributed by atoms with Gasteiger partial charge in [-0.3, -0.25) is 4.79 Å². The minimum absolute atomic E-state index is 0.187. The Balaban J connectivity index is 1.90. The van der Waals surface area contributed by atoms with Gasteiger partial charge in [-0.25, -0.2) is 0 Å². The van der Waals surface area contributed by atoms with Crippen LogP contribution >= 0.6 is 23.2 Å². The first-order chi connectivity index (χ1) is 9.54. The van der Waals surface area contributed by atoms with Gasteiger partial charge < -0.3 is 11.1 Å². The minimum Gasteiger partial charge on any atom is -0.399 e. The fourth-order valence-electron chi connectivity index (χ4n) is 1.82. The maximum atomic E-state index is 11.9. The molecule has 5 heteroatoms. The zero-order valence-electron chi connectivity index (χ0n) is 10.7. The maximum absolute atomic E-state index is 11.9. The van der Waals surface area contributed by atoms with Gasteiger partial charge in [0.2, 0.25) is 0 Å². The third-order valence-electron chi connectivity index (χ3n) is 2.79. The lowest BCUT2D eigenvalue weighted by Crippen LogP contribution is -2.25. The van der Waals surface area contributed by atoms with Crippen LogP contribution in [0.2, 0.25) is 10.0 Å². The largest absolute Gasteiger partial charge is 0.399 e. The lowest BCUT2D eigenvalue weighted by atomic mass is 10.1. The molecule has 0 fully saturated rings. The summed E-state index contributed by atoms with van der Waals surface area (Å²) in [5.74, 6) is -0.187. The van der Waals surface area contributed by atoms with Crippen molar-refractivity contribution in [3.63, 3.8) is 0 Å². The zero-order valence-corrected chi connectivity index (χ0v) is 12.2. The Bertz CT molecular complexity index is 592. The van der Waals surface area contributed by atoms with E-state index in [-0.39, 0.29) is 5.91 Å². The first-order valence-electron chi connectivity index (χ1n) is 6.13. The van der Waals surface area contributed by atoms with E-state index >= 15 is 0 Å². The Morgan fingerprint density at radius 2 is 1.75 bits per heavy atom. The van der Waals surface area contributed by atoms with Crippen LogP contribution < -0.4 is 11.1 Å². The Morgan fingerprint density at radius 1 is 1.05 bits per heavy atom. The Morgan fingerprint density at radius 3 is 2.40 bits per heavy atom. The number of halogens is 2. The van der Waals surface area contributed by atoms with E-state index in [1.165, 1.54) is 0 Å². The number of anilines is 1. The molecule has 3 nitrogen and oxygen atoms in total. The smallest absolute Gasteiger partial charge is 0.251 e. The van der Waals surface area contributed by atoms with Crippen LogP contribution in [0.15, 0.2) is 42.5 Å². The van der Waals surface area contributed by atoms with E-state index in [1.54, 1.807) is 18.2 Å². The lowest BCUT2D eigenvalue weighted by molar-refractivity contribution is 0.0954. The minimum atomic E-state index is -0.187. The molecule has 3 N–H and O–H groups in total. The molecule has 0 spiro atoms. The molecule has 0 heterocycles. The summed E-state index contributed by atoms with van der Waals surface area (Å²) in [6.45, 7) is 0.535. The Hall–Kier alpha value is -1.71. The standard InChI is InChI=1S/C15H14Cl2N2O/c16-12-3-1-10(2-4-12)5-6-19-15(20)11-7-13(17)9-14(18)8-11/h1-4,7-9H,5-6,18H2,(H,19,20). The molecule has 2 aromatic carbocycles. The molecule has 0 aliphatic carbocycles. The molecule has 0 radical (unpaired) electrons. The van der Waals surface area contributed by atoms with Crippen molar-refractivity contribution < 1.29 is 4.79 Å². The van der Waals surface area contributed by atoms with Gasteiger partial charge in [0.25, 0.3) is 5.91 Å². The van der Waals surface area contributed by atoms with Crippen LogP contribution in [0, 0.1) is 0 Å². The summed E-state index contributed by atoms with van der Waals surface area (Å²) in [6, 6.07) is 12.3.